The molecule has 190 valence electrons. The molecule has 10 nitrogen and oxygen atoms in total. The quantitative estimate of drug-likeness (QED) is 0.0898. The topological polar surface area (TPSA) is 139 Å². The van der Waals surface area contributed by atoms with E-state index in [-0.39, 0.29) is 42.9 Å². The number of nitro groups is 2. The summed E-state index contributed by atoms with van der Waals surface area (Å²) < 4.78 is 11.1. The Morgan fingerprint density at radius 3 is 1.24 bits per heavy atom. The van der Waals surface area contributed by atoms with Crippen molar-refractivity contribution in [2.24, 2.45) is 0 Å². The predicted octanol–water partition coefficient (Wildman–Crippen LogP) is 7.13. The Hall–Kier alpha value is -4.42. The summed E-state index contributed by atoms with van der Waals surface area (Å²) in [4.78, 5) is 45.8. The number of ether oxygens (including phenoxy) is 2. The van der Waals surface area contributed by atoms with E-state index in [0.717, 1.165) is 23.3 Å². The van der Waals surface area contributed by atoms with Gasteiger partial charge in [-0.1, -0.05) is 24.3 Å². The highest BCUT2D eigenvalue weighted by Gasteiger charge is 2.19. The van der Waals surface area contributed by atoms with E-state index in [1.165, 1.54) is 24.3 Å². The van der Waals surface area contributed by atoms with Crippen molar-refractivity contribution in [3.63, 3.8) is 0 Å². The highest BCUT2D eigenvalue weighted by molar-refractivity contribution is 9.11. The van der Waals surface area contributed by atoms with Gasteiger partial charge in [0.15, 0.2) is 0 Å². The first-order chi connectivity index (χ1) is 18.1. The van der Waals surface area contributed by atoms with Crippen LogP contribution in [0.2, 0.25) is 0 Å². The van der Waals surface area contributed by atoms with Crippen LogP contribution in [0.3, 0.4) is 0 Å². The van der Waals surface area contributed by atoms with Gasteiger partial charge >= 0.3 is 11.9 Å². The number of benzene rings is 4. The average Bonchev–Trinajstić information content (AvgIpc) is 2.89. The molecule has 0 heterocycles. The van der Waals surface area contributed by atoms with Crippen molar-refractivity contribution in [3.8, 4) is 22.6 Å². The number of carbonyl (C=O) groups excluding carboxylic acids is 2. The van der Waals surface area contributed by atoms with E-state index in [1.807, 2.05) is 0 Å². The SMILES string of the molecule is O=C(Oc1ccc(-c2ccc(OC(=O)c3ccc(Br)c([N+](=O)[O-])c3)cc2)cc1)c1ccc(Br)c([N+](=O)[O-])c1. The lowest BCUT2D eigenvalue weighted by molar-refractivity contribution is -0.385. The van der Waals surface area contributed by atoms with Crippen molar-refractivity contribution in [1.29, 1.82) is 0 Å². The van der Waals surface area contributed by atoms with Crippen LogP contribution in [0.25, 0.3) is 11.1 Å². The van der Waals surface area contributed by atoms with Crippen molar-refractivity contribution < 1.29 is 28.9 Å². The number of nitrogens with zero attached hydrogens (tertiary/aromatic N) is 2. The summed E-state index contributed by atoms with van der Waals surface area (Å²) in [7, 11) is 0. The molecule has 4 aromatic carbocycles. The second-order valence-corrected chi connectivity index (χ2v) is 9.38. The Balaban J connectivity index is 1.42. The molecule has 0 N–H and O–H groups in total. The smallest absolute Gasteiger partial charge is 0.343 e. The molecule has 12 heteroatoms. The van der Waals surface area contributed by atoms with E-state index in [2.05, 4.69) is 31.9 Å². The summed E-state index contributed by atoms with van der Waals surface area (Å²) in [5, 5.41) is 22.2. The highest BCUT2D eigenvalue weighted by Crippen LogP contribution is 2.29. The Bertz CT molecular complexity index is 1450. The van der Waals surface area contributed by atoms with Gasteiger partial charge in [-0.15, -0.1) is 0 Å². The van der Waals surface area contributed by atoms with E-state index in [1.54, 1.807) is 48.5 Å². The molecule has 0 amide bonds. The molecular formula is C26H14Br2N2O8. The molecule has 0 saturated carbocycles. The summed E-state index contributed by atoms with van der Waals surface area (Å²) in [6.45, 7) is 0. The van der Waals surface area contributed by atoms with Gasteiger partial charge in [-0.3, -0.25) is 20.2 Å². The van der Waals surface area contributed by atoms with Crippen LogP contribution in [0.4, 0.5) is 11.4 Å². The lowest BCUT2D eigenvalue weighted by Crippen LogP contribution is -2.09. The standard InChI is InChI=1S/C26H14Br2N2O8/c27-21-11-5-17(13-23(21)29(33)34)25(31)37-19-7-1-15(2-8-19)16-3-9-20(10-4-16)38-26(32)18-6-12-22(28)24(14-18)30(35)36/h1-14H. The molecule has 38 heavy (non-hydrogen) atoms. The van der Waals surface area contributed by atoms with Gasteiger partial charge in [0.05, 0.1) is 29.9 Å². The zero-order chi connectivity index (χ0) is 27.4. The molecule has 4 rings (SSSR count). The van der Waals surface area contributed by atoms with E-state index < -0.39 is 21.8 Å². The maximum absolute atomic E-state index is 12.4. The number of carbonyl (C=O) groups is 2. The van der Waals surface area contributed by atoms with Crippen molar-refractivity contribution >= 4 is 55.2 Å². The summed E-state index contributed by atoms with van der Waals surface area (Å²) in [5.41, 5.74) is 1.14. The second-order valence-electron chi connectivity index (χ2n) is 7.67. The van der Waals surface area contributed by atoms with Crippen LogP contribution in [0, 0.1) is 20.2 Å². The van der Waals surface area contributed by atoms with Gasteiger partial charge in [-0.25, -0.2) is 9.59 Å². The lowest BCUT2D eigenvalue weighted by atomic mass is 10.1. The third kappa shape index (κ3) is 6.10. The van der Waals surface area contributed by atoms with Crippen LogP contribution in [0.15, 0.2) is 93.9 Å². The minimum Gasteiger partial charge on any atom is -0.423 e. The van der Waals surface area contributed by atoms with Crippen LogP contribution in [0.5, 0.6) is 11.5 Å². The van der Waals surface area contributed by atoms with Crippen molar-refractivity contribution in [2.75, 3.05) is 0 Å². The lowest BCUT2D eigenvalue weighted by Gasteiger charge is -2.08. The Morgan fingerprint density at radius 2 is 0.921 bits per heavy atom. The number of hydrogen-bond donors (Lipinski definition) is 0. The van der Waals surface area contributed by atoms with Gasteiger partial charge in [0.2, 0.25) is 0 Å². The number of halogens is 2. The molecule has 0 spiro atoms. The van der Waals surface area contributed by atoms with Crippen LogP contribution in [-0.2, 0) is 0 Å². The van der Waals surface area contributed by atoms with Crippen molar-refractivity contribution in [2.45, 2.75) is 0 Å². The van der Waals surface area contributed by atoms with Crippen LogP contribution >= 0.6 is 31.9 Å². The van der Waals surface area contributed by atoms with Crippen molar-refractivity contribution in [3.05, 3.63) is 125 Å². The third-order valence-corrected chi connectivity index (χ3v) is 6.56. The molecule has 0 bridgehead atoms. The molecule has 0 fully saturated rings. The van der Waals surface area contributed by atoms with Gasteiger partial charge in [0.1, 0.15) is 11.5 Å². The summed E-state index contributed by atoms with van der Waals surface area (Å²) in [6, 6.07) is 21.1. The zero-order valence-corrected chi connectivity index (χ0v) is 22.2. The van der Waals surface area contributed by atoms with Gasteiger partial charge in [-0.05, 0) is 91.5 Å². The molecule has 0 radical (unpaired) electrons. The normalized spacial score (nSPS) is 10.5. The average molecular weight is 642 g/mol. The predicted molar refractivity (Wildman–Crippen MR) is 143 cm³/mol. The molecular weight excluding hydrogens is 628 g/mol. The van der Waals surface area contributed by atoms with E-state index >= 15 is 0 Å². The molecule has 0 atom stereocenters. The van der Waals surface area contributed by atoms with Crippen LogP contribution in [-0.4, -0.2) is 21.8 Å². The number of nitro benzene ring substituents is 2. The second kappa shape index (κ2) is 11.3. The molecule has 0 aromatic heterocycles. The molecule has 0 saturated heterocycles. The molecule has 0 aliphatic carbocycles. The van der Waals surface area contributed by atoms with Gasteiger partial charge in [0.25, 0.3) is 11.4 Å². The van der Waals surface area contributed by atoms with E-state index in [0.29, 0.717) is 0 Å². The summed E-state index contributed by atoms with van der Waals surface area (Å²) >= 11 is 6.14. The molecule has 0 aliphatic heterocycles. The minimum absolute atomic E-state index is 0.0341. The fourth-order valence-corrected chi connectivity index (χ4v) is 4.10. The first kappa shape index (κ1) is 26.6. The number of rotatable bonds is 7. The van der Waals surface area contributed by atoms with Gasteiger partial charge in [0, 0.05) is 12.1 Å². The summed E-state index contributed by atoms with van der Waals surface area (Å²) in [6.07, 6.45) is 0. The summed E-state index contributed by atoms with van der Waals surface area (Å²) in [5.74, 6) is -0.983. The van der Waals surface area contributed by atoms with E-state index in [9.17, 15) is 29.8 Å². The number of hydrogen-bond acceptors (Lipinski definition) is 8. The van der Waals surface area contributed by atoms with Gasteiger partial charge < -0.3 is 9.47 Å². The molecule has 0 aliphatic rings. The largest absolute Gasteiger partial charge is 0.423 e. The van der Waals surface area contributed by atoms with E-state index in [4.69, 9.17) is 9.47 Å². The maximum Gasteiger partial charge on any atom is 0.343 e. The third-order valence-electron chi connectivity index (χ3n) is 5.22. The van der Waals surface area contributed by atoms with Crippen LogP contribution < -0.4 is 9.47 Å². The monoisotopic (exact) mass is 640 g/mol. The Morgan fingerprint density at radius 1 is 0.579 bits per heavy atom. The number of esters is 2. The first-order valence-electron chi connectivity index (χ1n) is 10.6. The van der Waals surface area contributed by atoms with Gasteiger partial charge in [-0.2, -0.15) is 0 Å². The molecule has 4 aromatic rings. The zero-order valence-electron chi connectivity index (χ0n) is 19.0. The highest BCUT2D eigenvalue weighted by atomic mass is 79.9. The van der Waals surface area contributed by atoms with Crippen molar-refractivity contribution in [1.82, 2.24) is 0 Å². The fourth-order valence-electron chi connectivity index (χ4n) is 3.32. The minimum atomic E-state index is -0.740. The maximum atomic E-state index is 12.4. The first-order valence-corrected chi connectivity index (χ1v) is 12.2. The Labute approximate surface area is 231 Å². The molecule has 0 unspecified atom stereocenters. The Kier molecular flexibility index (Phi) is 7.93. The van der Waals surface area contributed by atoms with Crippen LogP contribution in [0.1, 0.15) is 20.7 Å². The fraction of sp³-hybridized carbons (Fsp3) is 0.